The summed E-state index contributed by atoms with van der Waals surface area (Å²) in [7, 11) is 0. The van der Waals surface area contributed by atoms with Crippen LogP contribution in [0.5, 0.6) is 0 Å². The average molecular weight is 265 g/mol. The Hall–Kier alpha value is -0.610. The predicted octanol–water partition coefficient (Wildman–Crippen LogP) is 1.10. The van der Waals surface area contributed by atoms with Crippen LogP contribution in [0.1, 0.15) is 45.4 Å². The number of fused-ring (bicyclic) bond motifs is 1. The first-order valence-electron chi connectivity index (χ1n) is 7.90. The summed E-state index contributed by atoms with van der Waals surface area (Å²) in [5, 5.41) is 3.33. The number of hydrogen-bond donors (Lipinski definition) is 2. The maximum atomic E-state index is 12.5. The van der Waals surface area contributed by atoms with E-state index in [2.05, 4.69) is 17.1 Å². The van der Waals surface area contributed by atoms with Gasteiger partial charge in [-0.25, -0.2) is 0 Å². The lowest BCUT2D eigenvalue weighted by Gasteiger charge is -2.45. The lowest BCUT2D eigenvalue weighted by molar-refractivity contribution is -0.139. The molecule has 19 heavy (non-hydrogen) atoms. The number of hydrogen-bond acceptors (Lipinski definition) is 3. The van der Waals surface area contributed by atoms with Gasteiger partial charge in [0.25, 0.3) is 0 Å². The van der Waals surface area contributed by atoms with Crippen molar-refractivity contribution in [1.82, 2.24) is 10.2 Å². The second-order valence-electron chi connectivity index (χ2n) is 6.97. The highest BCUT2D eigenvalue weighted by molar-refractivity contribution is 5.84. The zero-order valence-corrected chi connectivity index (χ0v) is 12.0. The Bertz CT molecular complexity index is 351. The number of carbonyl (C=O) groups excluding carboxylic acids is 1. The van der Waals surface area contributed by atoms with Crippen LogP contribution in [0.3, 0.4) is 0 Å². The molecule has 2 atom stereocenters. The highest BCUT2D eigenvalue weighted by Gasteiger charge is 2.48. The molecule has 2 unspecified atom stereocenters. The lowest BCUT2D eigenvalue weighted by atomic mass is 9.62. The molecule has 0 bridgehead atoms. The summed E-state index contributed by atoms with van der Waals surface area (Å²) in [6.45, 7) is 5.08. The van der Waals surface area contributed by atoms with Crippen molar-refractivity contribution in [2.24, 2.45) is 17.1 Å². The Morgan fingerprint density at radius 1 is 1.32 bits per heavy atom. The molecule has 2 saturated heterocycles. The van der Waals surface area contributed by atoms with Gasteiger partial charge >= 0.3 is 0 Å². The van der Waals surface area contributed by atoms with E-state index in [1.54, 1.807) is 0 Å². The highest BCUT2D eigenvalue weighted by Crippen LogP contribution is 2.45. The first-order chi connectivity index (χ1) is 9.14. The van der Waals surface area contributed by atoms with Crippen molar-refractivity contribution in [3.8, 4) is 0 Å². The largest absolute Gasteiger partial charge is 0.351 e. The van der Waals surface area contributed by atoms with Crippen molar-refractivity contribution in [2.75, 3.05) is 19.6 Å². The Morgan fingerprint density at radius 2 is 2.11 bits per heavy atom. The third-order valence-corrected chi connectivity index (χ3v) is 5.52. The Kier molecular flexibility index (Phi) is 3.56. The molecule has 108 valence electrons. The molecular weight excluding hydrogens is 238 g/mol. The van der Waals surface area contributed by atoms with Crippen LogP contribution in [-0.2, 0) is 4.79 Å². The molecule has 3 rings (SSSR count). The van der Waals surface area contributed by atoms with E-state index in [4.69, 9.17) is 5.73 Å². The second kappa shape index (κ2) is 5.06. The molecule has 1 aliphatic carbocycles. The van der Waals surface area contributed by atoms with Crippen molar-refractivity contribution >= 4 is 5.91 Å². The maximum Gasteiger partial charge on any atom is 0.227 e. The van der Waals surface area contributed by atoms with Crippen LogP contribution in [0.15, 0.2) is 0 Å². The quantitative estimate of drug-likeness (QED) is 0.803. The van der Waals surface area contributed by atoms with Gasteiger partial charge in [-0.1, -0.05) is 13.3 Å². The maximum absolute atomic E-state index is 12.5. The van der Waals surface area contributed by atoms with E-state index in [0.717, 1.165) is 25.8 Å². The van der Waals surface area contributed by atoms with Crippen molar-refractivity contribution in [1.29, 1.82) is 0 Å². The minimum absolute atomic E-state index is 0.227. The summed E-state index contributed by atoms with van der Waals surface area (Å²) in [4.78, 5) is 15.1. The van der Waals surface area contributed by atoms with Crippen molar-refractivity contribution in [3.63, 3.8) is 0 Å². The van der Waals surface area contributed by atoms with E-state index in [-0.39, 0.29) is 11.3 Å². The van der Waals surface area contributed by atoms with Gasteiger partial charge in [0.2, 0.25) is 5.91 Å². The van der Waals surface area contributed by atoms with Gasteiger partial charge < -0.3 is 11.1 Å². The van der Waals surface area contributed by atoms with Gasteiger partial charge in [0, 0.05) is 25.2 Å². The first kappa shape index (κ1) is 13.4. The molecule has 2 heterocycles. The van der Waals surface area contributed by atoms with Gasteiger partial charge in [-0.3, -0.25) is 9.69 Å². The van der Waals surface area contributed by atoms with Crippen LogP contribution >= 0.6 is 0 Å². The Morgan fingerprint density at radius 3 is 2.79 bits per heavy atom. The second-order valence-corrected chi connectivity index (χ2v) is 6.97. The summed E-state index contributed by atoms with van der Waals surface area (Å²) < 4.78 is 0. The molecule has 1 amide bonds. The molecule has 3 aliphatic rings. The van der Waals surface area contributed by atoms with Crippen molar-refractivity contribution < 1.29 is 4.79 Å². The van der Waals surface area contributed by atoms with Crippen LogP contribution in [0.4, 0.5) is 0 Å². The molecular formula is C15H27N3O. The topological polar surface area (TPSA) is 58.4 Å². The standard InChI is InChI=1S/C15H27N3O/c1-11-8-15(9-11,10-16)14(19)17-12-5-7-18-6-3-2-4-13(12)18/h11-13H,2-10,16H2,1H3,(H,17,19). The van der Waals surface area contributed by atoms with Crippen LogP contribution in [-0.4, -0.2) is 42.5 Å². The van der Waals surface area contributed by atoms with E-state index < -0.39 is 0 Å². The number of amides is 1. The smallest absolute Gasteiger partial charge is 0.227 e. The normalized spacial score (nSPS) is 42.5. The van der Waals surface area contributed by atoms with Gasteiger partial charge in [0.05, 0.1) is 5.41 Å². The number of nitrogens with two attached hydrogens (primary N) is 1. The molecule has 2 aliphatic heterocycles. The highest BCUT2D eigenvalue weighted by atomic mass is 16.2. The third-order valence-electron chi connectivity index (χ3n) is 5.52. The van der Waals surface area contributed by atoms with Crippen LogP contribution in [0.25, 0.3) is 0 Å². The van der Waals surface area contributed by atoms with Gasteiger partial charge in [-0.05, 0) is 44.6 Å². The summed E-state index contributed by atoms with van der Waals surface area (Å²) >= 11 is 0. The number of nitrogens with one attached hydrogen (secondary N) is 1. The molecule has 0 aromatic heterocycles. The summed E-state index contributed by atoms with van der Waals surface area (Å²) in [6, 6.07) is 0.956. The predicted molar refractivity (Wildman–Crippen MR) is 75.6 cm³/mol. The fourth-order valence-corrected chi connectivity index (χ4v) is 4.46. The minimum atomic E-state index is -0.249. The third kappa shape index (κ3) is 2.29. The zero-order chi connectivity index (χ0) is 13.5. The number of carbonyl (C=O) groups is 1. The van der Waals surface area contributed by atoms with E-state index in [1.807, 2.05) is 0 Å². The molecule has 1 saturated carbocycles. The van der Waals surface area contributed by atoms with Crippen LogP contribution in [0.2, 0.25) is 0 Å². The van der Waals surface area contributed by atoms with Gasteiger partial charge in [-0.2, -0.15) is 0 Å². The first-order valence-corrected chi connectivity index (χ1v) is 7.90. The van der Waals surface area contributed by atoms with Gasteiger partial charge in [-0.15, -0.1) is 0 Å². The molecule has 3 N–H and O–H groups in total. The van der Waals surface area contributed by atoms with Crippen LogP contribution in [0, 0.1) is 11.3 Å². The number of nitrogens with zero attached hydrogens (tertiary/aromatic N) is 1. The Balaban J connectivity index is 1.60. The summed E-state index contributed by atoms with van der Waals surface area (Å²) in [5.74, 6) is 0.884. The summed E-state index contributed by atoms with van der Waals surface area (Å²) in [6.07, 6.45) is 6.93. The molecule has 0 aromatic carbocycles. The van der Waals surface area contributed by atoms with Crippen molar-refractivity contribution in [3.05, 3.63) is 0 Å². The monoisotopic (exact) mass is 265 g/mol. The number of piperidine rings is 1. The zero-order valence-electron chi connectivity index (χ0n) is 12.0. The average Bonchev–Trinajstić information content (AvgIpc) is 2.78. The molecule has 0 radical (unpaired) electrons. The van der Waals surface area contributed by atoms with Gasteiger partial charge in [0.15, 0.2) is 0 Å². The summed E-state index contributed by atoms with van der Waals surface area (Å²) in [5.41, 5.74) is 5.62. The van der Waals surface area contributed by atoms with E-state index in [9.17, 15) is 4.79 Å². The SMILES string of the molecule is CC1CC(CN)(C(=O)NC2CCN3CCCCC23)C1. The molecule has 3 fully saturated rings. The minimum Gasteiger partial charge on any atom is -0.351 e. The number of rotatable bonds is 3. The van der Waals surface area contributed by atoms with Gasteiger partial charge in [0.1, 0.15) is 0 Å². The van der Waals surface area contributed by atoms with E-state index >= 15 is 0 Å². The van der Waals surface area contributed by atoms with E-state index in [1.165, 1.54) is 25.8 Å². The lowest BCUT2D eigenvalue weighted by Crippen LogP contribution is -2.57. The Labute approximate surface area is 116 Å². The molecule has 0 aromatic rings. The van der Waals surface area contributed by atoms with E-state index in [0.29, 0.717) is 24.5 Å². The molecule has 0 spiro atoms. The molecule has 4 heteroatoms. The molecule has 4 nitrogen and oxygen atoms in total. The van der Waals surface area contributed by atoms with Crippen LogP contribution < -0.4 is 11.1 Å². The van der Waals surface area contributed by atoms with Crippen molar-refractivity contribution in [2.45, 2.75) is 57.5 Å². The fourth-order valence-electron chi connectivity index (χ4n) is 4.46. The fraction of sp³-hybridized carbons (Fsp3) is 0.933.